The number of carbonyl (C=O) groups is 1. The molecular weight excluding hydrogens is 154 g/mol. The number of allylic oxidation sites excluding steroid dienone is 1. The van der Waals surface area contributed by atoms with E-state index in [0.29, 0.717) is 6.54 Å². The van der Waals surface area contributed by atoms with Crippen LogP contribution in [0, 0.1) is 5.92 Å². The topological polar surface area (TPSA) is 40.5 Å². The lowest BCUT2D eigenvalue weighted by Crippen LogP contribution is -2.37. The van der Waals surface area contributed by atoms with Gasteiger partial charge in [0.15, 0.2) is 0 Å². The van der Waals surface area contributed by atoms with Gasteiger partial charge in [-0.2, -0.15) is 0 Å². The predicted molar refractivity (Wildman–Crippen MR) is 46.7 cm³/mol. The Labute approximate surface area is 72.7 Å². The summed E-state index contributed by atoms with van der Waals surface area (Å²) in [6, 6.07) is 0. The van der Waals surface area contributed by atoms with Crippen LogP contribution in [0.1, 0.15) is 19.8 Å². The Balaban J connectivity index is 2.51. The molecule has 0 aliphatic carbocycles. The third-order valence-electron chi connectivity index (χ3n) is 2.31. The molecule has 3 nitrogen and oxygen atoms in total. The molecule has 0 aromatic rings. The lowest BCUT2D eigenvalue weighted by atomic mass is 9.98. The zero-order chi connectivity index (χ0) is 9.14. The maximum absolute atomic E-state index is 10.7. The van der Waals surface area contributed by atoms with Gasteiger partial charge in [-0.1, -0.05) is 6.58 Å². The van der Waals surface area contributed by atoms with E-state index in [1.165, 1.54) is 0 Å². The SMILES string of the molecule is C=C(C)N1CCCC(C(=O)O)C1. The van der Waals surface area contributed by atoms with Gasteiger partial charge in [-0.3, -0.25) is 4.79 Å². The first kappa shape index (κ1) is 9.10. The van der Waals surface area contributed by atoms with E-state index in [4.69, 9.17) is 5.11 Å². The van der Waals surface area contributed by atoms with Crippen molar-refractivity contribution in [2.45, 2.75) is 19.8 Å². The van der Waals surface area contributed by atoms with Crippen molar-refractivity contribution in [2.75, 3.05) is 13.1 Å². The van der Waals surface area contributed by atoms with E-state index in [1.807, 2.05) is 11.8 Å². The molecule has 1 unspecified atom stereocenters. The zero-order valence-corrected chi connectivity index (χ0v) is 7.42. The van der Waals surface area contributed by atoms with E-state index in [9.17, 15) is 4.79 Å². The molecule has 0 bridgehead atoms. The van der Waals surface area contributed by atoms with Gasteiger partial charge >= 0.3 is 5.97 Å². The minimum Gasteiger partial charge on any atom is -0.481 e. The summed E-state index contributed by atoms with van der Waals surface area (Å²) in [5.41, 5.74) is 0.973. The van der Waals surface area contributed by atoms with Gasteiger partial charge < -0.3 is 10.0 Å². The van der Waals surface area contributed by atoms with Crippen LogP contribution in [-0.2, 0) is 4.79 Å². The first-order valence-corrected chi connectivity index (χ1v) is 4.24. The summed E-state index contributed by atoms with van der Waals surface area (Å²) >= 11 is 0. The largest absolute Gasteiger partial charge is 0.481 e. The van der Waals surface area contributed by atoms with E-state index in [2.05, 4.69) is 6.58 Å². The molecule has 1 N–H and O–H groups in total. The molecule has 68 valence electrons. The first-order chi connectivity index (χ1) is 5.61. The maximum Gasteiger partial charge on any atom is 0.308 e. The maximum atomic E-state index is 10.7. The van der Waals surface area contributed by atoms with E-state index in [1.54, 1.807) is 0 Å². The molecule has 1 aliphatic rings. The number of hydrogen-bond donors (Lipinski definition) is 1. The molecule has 1 aliphatic heterocycles. The Morgan fingerprint density at radius 3 is 2.83 bits per heavy atom. The number of carboxylic acid groups (broad SMARTS) is 1. The minimum absolute atomic E-state index is 0.199. The lowest BCUT2D eigenvalue weighted by Gasteiger charge is -2.32. The van der Waals surface area contributed by atoms with Crippen LogP contribution < -0.4 is 0 Å². The summed E-state index contributed by atoms with van der Waals surface area (Å²) in [7, 11) is 0. The summed E-state index contributed by atoms with van der Waals surface area (Å²) in [4.78, 5) is 12.7. The number of rotatable bonds is 2. The van der Waals surface area contributed by atoms with Gasteiger partial charge in [-0.05, 0) is 19.8 Å². The second-order valence-corrected chi connectivity index (χ2v) is 3.36. The Bertz CT molecular complexity index is 181. The molecule has 1 heterocycles. The number of likely N-dealkylation sites (tertiary alicyclic amines) is 1. The molecule has 0 saturated carbocycles. The third kappa shape index (κ3) is 2.00. The Morgan fingerprint density at radius 2 is 2.33 bits per heavy atom. The Kier molecular flexibility index (Phi) is 2.74. The number of carboxylic acids is 1. The summed E-state index contributed by atoms with van der Waals surface area (Å²) in [5.74, 6) is -0.878. The van der Waals surface area contributed by atoms with Crippen molar-refractivity contribution in [3.8, 4) is 0 Å². The molecule has 1 saturated heterocycles. The zero-order valence-electron chi connectivity index (χ0n) is 7.42. The average molecular weight is 169 g/mol. The normalized spacial score (nSPS) is 23.8. The average Bonchev–Trinajstić information content (AvgIpc) is 2.04. The van der Waals surface area contributed by atoms with E-state index in [-0.39, 0.29) is 5.92 Å². The Morgan fingerprint density at radius 1 is 1.67 bits per heavy atom. The van der Waals surface area contributed by atoms with E-state index >= 15 is 0 Å². The highest BCUT2D eigenvalue weighted by molar-refractivity contribution is 5.70. The second-order valence-electron chi connectivity index (χ2n) is 3.36. The quantitative estimate of drug-likeness (QED) is 0.677. The van der Waals surface area contributed by atoms with Crippen LogP contribution in [0.3, 0.4) is 0 Å². The molecule has 0 amide bonds. The smallest absolute Gasteiger partial charge is 0.308 e. The van der Waals surface area contributed by atoms with Crippen molar-refractivity contribution in [1.29, 1.82) is 0 Å². The monoisotopic (exact) mass is 169 g/mol. The lowest BCUT2D eigenvalue weighted by molar-refractivity contribution is -0.143. The van der Waals surface area contributed by atoms with Crippen LogP contribution in [0.5, 0.6) is 0 Å². The van der Waals surface area contributed by atoms with Gasteiger partial charge in [-0.15, -0.1) is 0 Å². The fraction of sp³-hybridized carbons (Fsp3) is 0.667. The minimum atomic E-state index is -0.680. The highest BCUT2D eigenvalue weighted by Crippen LogP contribution is 2.18. The molecule has 1 atom stereocenters. The highest BCUT2D eigenvalue weighted by atomic mass is 16.4. The van der Waals surface area contributed by atoms with Crippen LogP contribution in [-0.4, -0.2) is 29.1 Å². The first-order valence-electron chi connectivity index (χ1n) is 4.24. The Hall–Kier alpha value is -0.990. The number of aliphatic carboxylic acids is 1. The molecule has 1 fully saturated rings. The van der Waals surface area contributed by atoms with Gasteiger partial charge in [-0.25, -0.2) is 0 Å². The van der Waals surface area contributed by atoms with Crippen LogP contribution in [0.15, 0.2) is 12.3 Å². The highest BCUT2D eigenvalue weighted by Gasteiger charge is 2.24. The van der Waals surface area contributed by atoms with Crippen molar-refractivity contribution in [3.63, 3.8) is 0 Å². The molecule has 0 aromatic carbocycles. The summed E-state index contributed by atoms with van der Waals surface area (Å²) in [6.07, 6.45) is 1.77. The van der Waals surface area contributed by atoms with Crippen molar-refractivity contribution in [1.82, 2.24) is 4.90 Å². The number of hydrogen-bond acceptors (Lipinski definition) is 2. The number of piperidine rings is 1. The van der Waals surface area contributed by atoms with Crippen LogP contribution >= 0.6 is 0 Å². The van der Waals surface area contributed by atoms with Gasteiger partial charge in [0.2, 0.25) is 0 Å². The standard InChI is InChI=1S/C9H15NO2/c1-7(2)10-5-3-4-8(6-10)9(11)12/h8H,1,3-6H2,2H3,(H,11,12). The summed E-state index contributed by atoms with van der Waals surface area (Å²) in [5, 5.41) is 8.78. The van der Waals surface area contributed by atoms with E-state index in [0.717, 1.165) is 25.1 Å². The second kappa shape index (κ2) is 3.61. The van der Waals surface area contributed by atoms with Gasteiger partial charge in [0.05, 0.1) is 5.92 Å². The molecular formula is C9H15NO2. The third-order valence-corrected chi connectivity index (χ3v) is 2.31. The fourth-order valence-electron chi connectivity index (χ4n) is 1.53. The molecule has 12 heavy (non-hydrogen) atoms. The summed E-state index contributed by atoms with van der Waals surface area (Å²) < 4.78 is 0. The van der Waals surface area contributed by atoms with Crippen molar-refractivity contribution < 1.29 is 9.90 Å². The molecule has 0 aromatic heterocycles. The molecule has 0 radical (unpaired) electrons. The van der Waals surface area contributed by atoms with Gasteiger partial charge in [0, 0.05) is 18.8 Å². The van der Waals surface area contributed by atoms with Crippen molar-refractivity contribution >= 4 is 5.97 Å². The molecule has 0 spiro atoms. The van der Waals surface area contributed by atoms with Crippen molar-refractivity contribution in [2.24, 2.45) is 5.92 Å². The van der Waals surface area contributed by atoms with Crippen LogP contribution in [0.4, 0.5) is 0 Å². The number of nitrogens with zero attached hydrogens (tertiary/aromatic N) is 1. The van der Waals surface area contributed by atoms with Crippen LogP contribution in [0.25, 0.3) is 0 Å². The summed E-state index contributed by atoms with van der Waals surface area (Å²) in [6.45, 7) is 7.31. The molecule has 3 heteroatoms. The fourth-order valence-corrected chi connectivity index (χ4v) is 1.53. The predicted octanol–water partition coefficient (Wildman–Crippen LogP) is 1.32. The van der Waals surface area contributed by atoms with Crippen LogP contribution in [0.2, 0.25) is 0 Å². The van der Waals surface area contributed by atoms with E-state index < -0.39 is 5.97 Å². The van der Waals surface area contributed by atoms with Crippen molar-refractivity contribution in [3.05, 3.63) is 12.3 Å². The van der Waals surface area contributed by atoms with Gasteiger partial charge in [0.25, 0.3) is 0 Å². The van der Waals surface area contributed by atoms with Gasteiger partial charge in [0.1, 0.15) is 0 Å². The molecule has 1 rings (SSSR count).